The topological polar surface area (TPSA) is 106 Å². The smallest absolute Gasteiger partial charge is 0.257 e. The minimum atomic E-state index is -3.24. The molecule has 0 fully saturated rings. The van der Waals surface area contributed by atoms with Crippen LogP contribution in [0.15, 0.2) is 29.2 Å². The van der Waals surface area contributed by atoms with Gasteiger partial charge in [-0.15, -0.1) is 0 Å². The third-order valence-corrected chi connectivity index (χ3v) is 3.41. The molecule has 0 saturated carbocycles. The van der Waals surface area contributed by atoms with Gasteiger partial charge in [0.2, 0.25) is 0 Å². The van der Waals surface area contributed by atoms with Crippen LogP contribution in [0.25, 0.3) is 0 Å². The number of carbonyl (C=O) groups excluding carboxylic acids is 1. The predicted molar refractivity (Wildman–Crippen MR) is 63.4 cm³/mol. The molecule has 0 bridgehead atoms. The first-order valence-corrected chi connectivity index (χ1v) is 6.70. The van der Waals surface area contributed by atoms with E-state index in [1.54, 1.807) is 0 Å². The van der Waals surface area contributed by atoms with Gasteiger partial charge in [0.1, 0.15) is 6.04 Å². The van der Waals surface area contributed by atoms with Crippen LogP contribution < -0.4 is 11.6 Å². The molecule has 0 aliphatic heterocycles. The van der Waals surface area contributed by atoms with Crippen molar-refractivity contribution in [1.29, 1.82) is 0 Å². The van der Waals surface area contributed by atoms with Crippen LogP contribution in [0.5, 0.6) is 0 Å². The molecular formula is C10H15N3O3S. The highest BCUT2D eigenvalue weighted by molar-refractivity contribution is 7.90. The monoisotopic (exact) mass is 257 g/mol. The molecule has 4 N–H and O–H groups in total. The second-order valence-electron chi connectivity index (χ2n) is 3.77. The van der Waals surface area contributed by atoms with Crippen molar-refractivity contribution < 1.29 is 13.2 Å². The third-order valence-electron chi connectivity index (χ3n) is 2.28. The van der Waals surface area contributed by atoms with E-state index in [-0.39, 0.29) is 4.90 Å². The van der Waals surface area contributed by atoms with Crippen molar-refractivity contribution in [3.05, 3.63) is 29.8 Å². The minimum Gasteiger partial charge on any atom is -0.316 e. The maximum absolute atomic E-state index is 11.5. The summed E-state index contributed by atoms with van der Waals surface area (Å²) in [6, 6.07) is 4.94. The first-order valence-electron chi connectivity index (χ1n) is 4.81. The summed E-state index contributed by atoms with van der Waals surface area (Å²) in [7, 11) is -1.85. The van der Waals surface area contributed by atoms with Gasteiger partial charge in [-0.25, -0.2) is 14.3 Å². The minimum absolute atomic E-state index is 0.182. The molecule has 0 radical (unpaired) electrons. The maximum Gasteiger partial charge on any atom is 0.257 e. The van der Waals surface area contributed by atoms with E-state index in [2.05, 4.69) is 0 Å². The predicted octanol–water partition coefficient (Wildman–Crippen LogP) is -0.578. The van der Waals surface area contributed by atoms with Crippen LogP contribution in [0.2, 0.25) is 0 Å². The van der Waals surface area contributed by atoms with Crippen molar-refractivity contribution in [2.45, 2.75) is 10.9 Å². The Balaban J connectivity index is 3.00. The number of carbonyl (C=O) groups is 1. The molecule has 1 atom stereocenters. The number of amides is 1. The van der Waals surface area contributed by atoms with Crippen LogP contribution in [0.4, 0.5) is 0 Å². The fraction of sp³-hybridized carbons (Fsp3) is 0.300. The Bertz CT molecular complexity index is 508. The Morgan fingerprint density at radius 2 is 1.76 bits per heavy atom. The van der Waals surface area contributed by atoms with Gasteiger partial charge in [0.25, 0.3) is 5.91 Å². The van der Waals surface area contributed by atoms with Crippen molar-refractivity contribution in [3.63, 3.8) is 0 Å². The molecule has 17 heavy (non-hydrogen) atoms. The fourth-order valence-corrected chi connectivity index (χ4v) is 1.91. The van der Waals surface area contributed by atoms with Gasteiger partial charge in [-0.2, -0.15) is 0 Å². The first-order chi connectivity index (χ1) is 7.73. The molecule has 0 aliphatic rings. The molecule has 0 spiro atoms. The lowest BCUT2D eigenvalue weighted by molar-refractivity contribution is -0.131. The van der Waals surface area contributed by atoms with Crippen molar-refractivity contribution in [3.8, 4) is 0 Å². The van der Waals surface area contributed by atoms with E-state index >= 15 is 0 Å². The summed E-state index contributed by atoms with van der Waals surface area (Å²) in [5.41, 5.74) is 6.19. The van der Waals surface area contributed by atoms with Crippen LogP contribution in [0, 0.1) is 0 Å². The van der Waals surface area contributed by atoms with Crippen LogP contribution in [0.1, 0.15) is 11.6 Å². The number of sulfone groups is 1. The first kappa shape index (κ1) is 13.6. The zero-order valence-electron chi connectivity index (χ0n) is 9.62. The van der Waals surface area contributed by atoms with Crippen LogP contribution in [-0.2, 0) is 14.6 Å². The van der Waals surface area contributed by atoms with Crippen LogP contribution >= 0.6 is 0 Å². The van der Waals surface area contributed by atoms with E-state index in [9.17, 15) is 13.2 Å². The number of nitrogens with two attached hydrogens (primary N) is 2. The molecule has 7 heteroatoms. The summed E-state index contributed by atoms with van der Waals surface area (Å²) >= 11 is 0. The van der Waals surface area contributed by atoms with Crippen molar-refractivity contribution >= 4 is 15.7 Å². The molecule has 1 rings (SSSR count). The number of rotatable bonds is 3. The molecule has 0 saturated heterocycles. The lowest BCUT2D eigenvalue weighted by Gasteiger charge is -2.16. The average Bonchev–Trinajstić information content (AvgIpc) is 2.26. The Morgan fingerprint density at radius 1 is 1.29 bits per heavy atom. The van der Waals surface area contributed by atoms with Gasteiger partial charge < -0.3 is 5.73 Å². The van der Waals surface area contributed by atoms with E-state index in [0.717, 1.165) is 11.3 Å². The molecular weight excluding hydrogens is 242 g/mol. The Kier molecular flexibility index (Phi) is 3.87. The second-order valence-corrected chi connectivity index (χ2v) is 5.78. The summed E-state index contributed by atoms with van der Waals surface area (Å²) < 4.78 is 22.5. The van der Waals surface area contributed by atoms with Crippen LogP contribution in [0.3, 0.4) is 0 Å². The molecule has 6 nitrogen and oxygen atoms in total. The van der Waals surface area contributed by atoms with E-state index < -0.39 is 21.8 Å². The lowest BCUT2D eigenvalue weighted by Crippen LogP contribution is -2.40. The maximum atomic E-state index is 11.5. The highest BCUT2D eigenvalue weighted by Crippen LogP contribution is 2.15. The van der Waals surface area contributed by atoms with Gasteiger partial charge >= 0.3 is 0 Å². The molecule has 0 aromatic heterocycles. The summed E-state index contributed by atoms with van der Waals surface area (Å²) in [4.78, 5) is 11.7. The summed E-state index contributed by atoms with van der Waals surface area (Å²) in [6.07, 6.45) is 1.11. The summed E-state index contributed by atoms with van der Waals surface area (Å²) in [5, 5.41) is 0.898. The highest BCUT2D eigenvalue weighted by Gasteiger charge is 2.18. The van der Waals surface area contributed by atoms with E-state index in [1.165, 1.54) is 31.3 Å². The third kappa shape index (κ3) is 3.26. The molecule has 1 unspecified atom stereocenters. The SMILES string of the molecule is CN(N)C(=O)C(N)c1ccc(S(C)(=O)=O)cc1. The molecule has 1 aromatic carbocycles. The van der Waals surface area contributed by atoms with Crippen molar-refractivity contribution in [2.75, 3.05) is 13.3 Å². The second kappa shape index (κ2) is 4.82. The number of likely N-dealkylation sites (N-methyl/N-ethyl adjacent to an activating group) is 1. The zero-order valence-corrected chi connectivity index (χ0v) is 10.4. The standard InChI is InChI=1S/C10H15N3O3S/c1-13(12)10(14)9(11)7-3-5-8(6-4-7)17(2,15)16/h3-6,9H,11-12H2,1-2H3. The molecule has 0 heterocycles. The van der Waals surface area contributed by atoms with Crippen LogP contribution in [-0.4, -0.2) is 32.6 Å². The number of benzene rings is 1. The Hall–Kier alpha value is -1.44. The Morgan fingerprint density at radius 3 is 2.12 bits per heavy atom. The van der Waals surface area contributed by atoms with E-state index in [4.69, 9.17) is 11.6 Å². The summed E-state index contributed by atoms with van der Waals surface area (Å²) in [6.45, 7) is 0. The lowest BCUT2D eigenvalue weighted by atomic mass is 10.1. The van der Waals surface area contributed by atoms with E-state index in [1.807, 2.05) is 0 Å². The molecule has 94 valence electrons. The number of hydrazine groups is 1. The van der Waals surface area contributed by atoms with Gasteiger partial charge in [-0.3, -0.25) is 9.80 Å². The van der Waals surface area contributed by atoms with E-state index in [0.29, 0.717) is 5.56 Å². The van der Waals surface area contributed by atoms with Gasteiger partial charge in [0.05, 0.1) is 4.90 Å². The van der Waals surface area contributed by atoms with Gasteiger partial charge in [0.15, 0.2) is 9.84 Å². The Labute approximate surface area is 100 Å². The highest BCUT2D eigenvalue weighted by atomic mass is 32.2. The van der Waals surface area contributed by atoms with Gasteiger partial charge in [-0.05, 0) is 17.7 Å². The molecule has 1 aromatic rings. The summed E-state index contributed by atoms with van der Waals surface area (Å²) in [5.74, 6) is 4.83. The molecule has 0 aliphatic carbocycles. The number of hydrogen-bond donors (Lipinski definition) is 2. The zero-order chi connectivity index (χ0) is 13.2. The van der Waals surface area contributed by atoms with Gasteiger partial charge in [-0.1, -0.05) is 12.1 Å². The quantitative estimate of drug-likeness (QED) is 0.428. The number of nitrogens with zero attached hydrogens (tertiary/aromatic N) is 1. The number of hydrogen-bond acceptors (Lipinski definition) is 5. The fourth-order valence-electron chi connectivity index (χ4n) is 1.28. The van der Waals surface area contributed by atoms with Crippen molar-refractivity contribution in [1.82, 2.24) is 5.01 Å². The van der Waals surface area contributed by atoms with Crippen molar-refractivity contribution in [2.24, 2.45) is 11.6 Å². The van der Waals surface area contributed by atoms with Gasteiger partial charge in [0, 0.05) is 13.3 Å². The normalized spacial score (nSPS) is 13.2. The average molecular weight is 257 g/mol. The largest absolute Gasteiger partial charge is 0.316 e. The molecule has 1 amide bonds.